The predicted molar refractivity (Wildman–Crippen MR) is 76.5 cm³/mol. The molecule has 2 N–H and O–H groups in total. The van der Waals surface area contributed by atoms with Gasteiger partial charge in [0.1, 0.15) is 0 Å². The van der Waals surface area contributed by atoms with Gasteiger partial charge in [-0.3, -0.25) is 4.79 Å². The number of carbonyl (C=O) groups excluding carboxylic acids is 1. The molecule has 1 aliphatic rings. The third-order valence-electron chi connectivity index (χ3n) is 3.47. The predicted octanol–water partition coefficient (Wildman–Crippen LogP) is 2.71. The van der Waals surface area contributed by atoms with Gasteiger partial charge in [0, 0.05) is 19.0 Å². The van der Waals surface area contributed by atoms with Crippen molar-refractivity contribution < 1.29 is 4.79 Å². The van der Waals surface area contributed by atoms with Crippen molar-refractivity contribution in [1.82, 2.24) is 10.6 Å². The van der Waals surface area contributed by atoms with Gasteiger partial charge in [-0.15, -0.1) is 0 Å². The van der Waals surface area contributed by atoms with E-state index in [1.54, 1.807) is 0 Å². The van der Waals surface area contributed by atoms with Crippen molar-refractivity contribution in [2.24, 2.45) is 11.3 Å². The van der Waals surface area contributed by atoms with Gasteiger partial charge >= 0.3 is 0 Å². The topological polar surface area (TPSA) is 41.1 Å². The maximum atomic E-state index is 11.8. The van der Waals surface area contributed by atoms with Gasteiger partial charge in [-0.05, 0) is 43.6 Å². The highest BCUT2D eigenvalue weighted by molar-refractivity contribution is 5.76. The first-order valence-corrected chi connectivity index (χ1v) is 7.37. The molecule has 3 heteroatoms. The second-order valence-corrected chi connectivity index (χ2v) is 7.01. The molecule has 1 unspecified atom stereocenters. The molecule has 0 radical (unpaired) electrons. The second kappa shape index (κ2) is 7.13. The van der Waals surface area contributed by atoms with Crippen molar-refractivity contribution in [2.75, 3.05) is 13.1 Å². The Morgan fingerprint density at radius 3 is 2.72 bits per heavy atom. The van der Waals surface area contributed by atoms with Crippen molar-refractivity contribution in [3.63, 3.8) is 0 Å². The Morgan fingerprint density at radius 2 is 2.17 bits per heavy atom. The highest BCUT2D eigenvalue weighted by Gasteiger charge is 2.18. The molecular weight excluding hydrogens is 224 g/mol. The zero-order valence-corrected chi connectivity index (χ0v) is 12.5. The highest BCUT2D eigenvalue weighted by Crippen LogP contribution is 2.25. The van der Waals surface area contributed by atoms with Crippen LogP contribution in [0.1, 0.15) is 59.8 Å². The molecule has 0 saturated carbocycles. The summed E-state index contributed by atoms with van der Waals surface area (Å²) in [6.07, 6.45) is 5.37. The monoisotopic (exact) mass is 254 g/mol. The minimum atomic E-state index is 0.213. The first-order valence-electron chi connectivity index (χ1n) is 7.37. The number of hydrogen-bond donors (Lipinski definition) is 2. The minimum absolute atomic E-state index is 0.213. The number of rotatable bonds is 6. The van der Waals surface area contributed by atoms with E-state index in [1.165, 1.54) is 12.8 Å². The van der Waals surface area contributed by atoms with Crippen LogP contribution in [0.15, 0.2) is 0 Å². The largest absolute Gasteiger partial charge is 0.356 e. The average Bonchev–Trinajstić information content (AvgIpc) is 2.66. The summed E-state index contributed by atoms with van der Waals surface area (Å²) in [7, 11) is 0. The lowest BCUT2D eigenvalue weighted by Gasteiger charge is -2.22. The maximum Gasteiger partial charge on any atom is 0.220 e. The molecule has 0 aliphatic carbocycles. The third-order valence-corrected chi connectivity index (χ3v) is 3.47. The first kappa shape index (κ1) is 15.5. The zero-order valence-electron chi connectivity index (χ0n) is 12.5. The lowest BCUT2D eigenvalue weighted by atomic mass is 9.84. The van der Waals surface area contributed by atoms with Crippen LogP contribution >= 0.6 is 0 Å². The van der Waals surface area contributed by atoms with Crippen molar-refractivity contribution in [1.29, 1.82) is 0 Å². The molecule has 1 heterocycles. The highest BCUT2D eigenvalue weighted by atomic mass is 16.1. The number of nitrogens with one attached hydrogen (secondary N) is 2. The maximum absolute atomic E-state index is 11.8. The van der Waals surface area contributed by atoms with Crippen LogP contribution in [-0.4, -0.2) is 25.0 Å². The van der Waals surface area contributed by atoms with Crippen LogP contribution < -0.4 is 10.6 Å². The Bertz CT molecular complexity index is 252. The minimum Gasteiger partial charge on any atom is -0.356 e. The molecule has 18 heavy (non-hydrogen) atoms. The van der Waals surface area contributed by atoms with Crippen LogP contribution in [0, 0.1) is 11.3 Å². The van der Waals surface area contributed by atoms with Crippen molar-refractivity contribution in [2.45, 2.75) is 65.8 Å². The second-order valence-electron chi connectivity index (χ2n) is 7.01. The van der Waals surface area contributed by atoms with Gasteiger partial charge in [-0.25, -0.2) is 0 Å². The fraction of sp³-hybridized carbons (Fsp3) is 0.933. The quantitative estimate of drug-likeness (QED) is 0.765. The summed E-state index contributed by atoms with van der Waals surface area (Å²) >= 11 is 0. The number of carbonyl (C=O) groups is 1. The summed E-state index contributed by atoms with van der Waals surface area (Å²) < 4.78 is 0. The van der Waals surface area contributed by atoms with E-state index in [0.29, 0.717) is 23.8 Å². The van der Waals surface area contributed by atoms with Crippen LogP contribution in [0.4, 0.5) is 0 Å². The molecule has 1 aliphatic heterocycles. The molecule has 0 aromatic rings. The van der Waals surface area contributed by atoms with Crippen LogP contribution in [0.5, 0.6) is 0 Å². The van der Waals surface area contributed by atoms with E-state index >= 15 is 0 Å². The third kappa shape index (κ3) is 7.00. The van der Waals surface area contributed by atoms with Gasteiger partial charge in [-0.2, -0.15) is 0 Å². The first-order chi connectivity index (χ1) is 8.37. The summed E-state index contributed by atoms with van der Waals surface area (Å²) in [5.74, 6) is 0.680. The lowest BCUT2D eigenvalue weighted by Crippen LogP contribution is -2.31. The zero-order chi connectivity index (χ0) is 13.6. The fourth-order valence-electron chi connectivity index (χ4n) is 2.90. The van der Waals surface area contributed by atoms with Crippen molar-refractivity contribution in [3.05, 3.63) is 0 Å². The average molecular weight is 254 g/mol. The summed E-state index contributed by atoms with van der Waals surface area (Å²) in [4.78, 5) is 11.8. The van der Waals surface area contributed by atoms with Crippen LogP contribution in [0.2, 0.25) is 0 Å². The van der Waals surface area contributed by atoms with Crippen molar-refractivity contribution in [3.8, 4) is 0 Å². The van der Waals surface area contributed by atoms with Gasteiger partial charge < -0.3 is 10.6 Å². The summed E-state index contributed by atoms with van der Waals surface area (Å²) in [6, 6.07) is 0.622. The molecule has 1 rings (SSSR count). The molecule has 0 spiro atoms. The molecule has 0 aromatic carbocycles. The van der Waals surface area contributed by atoms with Crippen molar-refractivity contribution >= 4 is 5.91 Å². The Kier molecular flexibility index (Phi) is 6.13. The molecule has 1 amide bonds. The smallest absolute Gasteiger partial charge is 0.220 e. The Balaban J connectivity index is 2.09. The Morgan fingerprint density at radius 1 is 1.44 bits per heavy atom. The van der Waals surface area contributed by atoms with Crippen LogP contribution in [0.25, 0.3) is 0 Å². The lowest BCUT2D eigenvalue weighted by molar-refractivity contribution is -0.122. The molecule has 3 nitrogen and oxygen atoms in total. The van der Waals surface area contributed by atoms with E-state index < -0.39 is 0 Å². The van der Waals surface area contributed by atoms with E-state index in [9.17, 15) is 4.79 Å². The van der Waals surface area contributed by atoms with Gasteiger partial charge in [0.15, 0.2) is 0 Å². The van der Waals surface area contributed by atoms with Crippen LogP contribution in [0.3, 0.4) is 0 Å². The Labute approximate surface area is 112 Å². The molecule has 2 atom stereocenters. The van der Waals surface area contributed by atoms with Gasteiger partial charge in [0.2, 0.25) is 5.91 Å². The molecular formula is C15H30N2O. The standard InChI is InChI=1S/C15H30N2O/c1-12(11-15(2,3)4)10-14(18)17-9-7-13-6-5-8-16-13/h12-13,16H,5-11H2,1-4H3,(H,17,18)/t12?,13-/m1/s1. The normalized spacial score (nSPS) is 21.9. The van der Waals surface area contributed by atoms with Gasteiger partial charge in [0.05, 0.1) is 0 Å². The molecule has 0 bridgehead atoms. The molecule has 106 valence electrons. The SMILES string of the molecule is CC(CC(=O)NCC[C@H]1CCCN1)CC(C)(C)C. The number of hydrogen-bond acceptors (Lipinski definition) is 2. The summed E-state index contributed by atoms with van der Waals surface area (Å²) in [5, 5.41) is 6.50. The van der Waals surface area contributed by atoms with Crippen LogP contribution in [-0.2, 0) is 4.79 Å². The van der Waals surface area contributed by atoms with E-state index in [1.807, 2.05) is 0 Å². The summed E-state index contributed by atoms with van der Waals surface area (Å²) in [6.45, 7) is 10.8. The van der Waals surface area contributed by atoms with Gasteiger partial charge in [0.25, 0.3) is 0 Å². The number of amides is 1. The summed E-state index contributed by atoms with van der Waals surface area (Å²) in [5.41, 5.74) is 0.313. The van der Waals surface area contributed by atoms with Gasteiger partial charge in [-0.1, -0.05) is 27.7 Å². The van der Waals surface area contributed by atoms with E-state index in [2.05, 4.69) is 38.3 Å². The molecule has 1 fully saturated rings. The Hall–Kier alpha value is -0.570. The van der Waals surface area contributed by atoms with E-state index in [4.69, 9.17) is 0 Å². The fourth-order valence-corrected chi connectivity index (χ4v) is 2.90. The molecule has 0 aromatic heterocycles. The molecule has 1 saturated heterocycles. The van der Waals surface area contributed by atoms with E-state index in [-0.39, 0.29) is 5.91 Å². The van der Waals surface area contributed by atoms with E-state index in [0.717, 1.165) is 25.9 Å².